The minimum Gasteiger partial charge on any atom is -0.337 e. The van der Waals surface area contributed by atoms with Crippen LogP contribution in [-0.4, -0.2) is 47.1 Å². The standard InChI is InChI=1S/C21H29N5O/c1-21(2,3)16-18(17-8-5-4-6-9-17)24-20(27)26-14-12-25(13-15-26)19-22-10-7-11-23-19/h4-11,18H,12-16H2,1-3H3,(H,24,27). The molecule has 1 fully saturated rings. The van der Waals surface area contributed by atoms with Gasteiger partial charge in [-0.15, -0.1) is 0 Å². The number of nitrogens with one attached hydrogen (secondary N) is 1. The second-order valence-corrected chi connectivity index (χ2v) is 8.20. The van der Waals surface area contributed by atoms with Gasteiger partial charge in [0.2, 0.25) is 5.95 Å². The van der Waals surface area contributed by atoms with Gasteiger partial charge in [-0.05, 0) is 23.5 Å². The molecule has 1 saturated heterocycles. The predicted molar refractivity (Wildman–Crippen MR) is 108 cm³/mol. The summed E-state index contributed by atoms with van der Waals surface area (Å²) in [5, 5.41) is 3.25. The van der Waals surface area contributed by atoms with Gasteiger partial charge < -0.3 is 15.1 Å². The minimum atomic E-state index is 0.00160. The number of hydrogen-bond donors (Lipinski definition) is 1. The van der Waals surface area contributed by atoms with Crippen molar-refractivity contribution in [2.24, 2.45) is 5.41 Å². The summed E-state index contributed by atoms with van der Waals surface area (Å²) in [4.78, 5) is 25.5. The summed E-state index contributed by atoms with van der Waals surface area (Å²) in [6.45, 7) is 9.43. The van der Waals surface area contributed by atoms with Crippen molar-refractivity contribution in [1.82, 2.24) is 20.2 Å². The number of amides is 2. The maximum Gasteiger partial charge on any atom is 0.318 e. The SMILES string of the molecule is CC(C)(C)CC(NC(=O)N1CCN(c2ncccn2)CC1)c1ccccc1. The second kappa shape index (κ2) is 8.37. The van der Waals surface area contributed by atoms with Crippen LogP contribution in [0.2, 0.25) is 0 Å². The van der Waals surface area contributed by atoms with Crippen molar-refractivity contribution in [2.45, 2.75) is 33.2 Å². The molecule has 1 aromatic heterocycles. The molecule has 6 nitrogen and oxygen atoms in total. The average Bonchev–Trinajstić information content (AvgIpc) is 2.68. The molecule has 2 amide bonds. The van der Waals surface area contributed by atoms with Crippen molar-refractivity contribution in [1.29, 1.82) is 0 Å². The number of carbonyl (C=O) groups excluding carboxylic acids is 1. The summed E-state index contributed by atoms with van der Waals surface area (Å²) in [5.74, 6) is 0.729. The molecule has 0 spiro atoms. The van der Waals surface area contributed by atoms with Crippen LogP contribution in [0.15, 0.2) is 48.8 Å². The third-order valence-corrected chi connectivity index (χ3v) is 4.72. The fraction of sp³-hybridized carbons (Fsp3) is 0.476. The lowest BCUT2D eigenvalue weighted by atomic mass is 9.85. The fourth-order valence-corrected chi connectivity index (χ4v) is 3.35. The van der Waals surface area contributed by atoms with E-state index in [1.165, 1.54) is 0 Å². The topological polar surface area (TPSA) is 61.4 Å². The lowest BCUT2D eigenvalue weighted by Crippen LogP contribution is -2.52. The first kappa shape index (κ1) is 19.1. The van der Waals surface area contributed by atoms with Crippen LogP contribution >= 0.6 is 0 Å². The van der Waals surface area contributed by atoms with Gasteiger partial charge in [-0.25, -0.2) is 14.8 Å². The quantitative estimate of drug-likeness (QED) is 0.899. The molecule has 3 rings (SSSR count). The van der Waals surface area contributed by atoms with E-state index in [-0.39, 0.29) is 17.5 Å². The van der Waals surface area contributed by atoms with E-state index in [9.17, 15) is 4.79 Å². The molecule has 2 aromatic rings. The van der Waals surface area contributed by atoms with E-state index in [0.29, 0.717) is 13.1 Å². The second-order valence-electron chi connectivity index (χ2n) is 8.20. The zero-order chi connectivity index (χ0) is 19.3. The van der Waals surface area contributed by atoms with Crippen molar-refractivity contribution in [3.05, 3.63) is 54.4 Å². The molecular formula is C21H29N5O. The molecule has 6 heteroatoms. The number of piperazine rings is 1. The molecule has 0 aliphatic carbocycles. The van der Waals surface area contributed by atoms with Crippen LogP contribution < -0.4 is 10.2 Å². The lowest BCUT2D eigenvalue weighted by Gasteiger charge is -2.36. The molecule has 1 unspecified atom stereocenters. The smallest absolute Gasteiger partial charge is 0.318 e. The fourth-order valence-electron chi connectivity index (χ4n) is 3.35. The average molecular weight is 367 g/mol. The number of anilines is 1. The summed E-state index contributed by atoms with van der Waals surface area (Å²) < 4.78 is 0. The molecule has 0 saturated carbocycles. The molecule has 1 N–H and O–H groups in total. The van der Waals surface area contributed by atoms with Crippen LogP contribution in [0.1, 0.15) is 38.8 Å². The molecule has 1 aliphatic heterocycles. The molecule has 1 atom stereocenters. The van der Waals surface area contributed by atoms with Crippen molar-refractivity contribution in [3.8, 4) is 0 Å². The highest BCUT2D eigenvalue weighted by molar-refractivity contribution is 5.75. The van der Waals surface area contributed by atoms with E-state index in [4.69, 9.17) is 0 Å². The van der Waals surface area contributed by atoms with Gasteiger partial charge in [0.25, 0.3) is 0 Å². The first-order chi connectivity index (χ1) is 12.9. The van der Waals surface area contributed by atoms with Crippen molar-refractivity contribution >= 4 is 12.0 Å². The molecule has 0 bridgehead atoms. The molecule has 1 aliphatic rings. The van der Waals surface area contributed by atoms with E-state index in [1.54, 1.807) is 12.4 Å². The Morgan fingerprint density at radius 2 is 1.67 bits per heavy atom. The van der Waals surface area contributed by atoms with E-state index in [1.807, 2.05) is 29.2 Å². The van der Waals surface area contributed by atoms with Gasteiger partial charge in [-0.3, -0.25) is 0 Å². The summed E-state index contributed by atoms with van der Waals surface area (Å²) in [6, 6.07) is 12.0. The normalized spacial score (nSPS) is 16.1. The number of aromatic nitrogens is 2. The Bertz CT molecular complexity index is 721. The van der Waals surface area contributed by atoms with Gasteiger partial charge in [0.05, 0.1) is 6.04 Å². The summed E-state index contributed by atoms with van der Waals surface area (Å²) in [5.41, 5.74) is 1.27. The first-order valence-corrected chi connectivity index (χ1v) is 9.55. The number of urea groups is 1. The molecule has 0 radical (unpaired) electrons. The van der Waals surface area contributed by atoms with Crippen LogP contribution in [0.4, 0.5) is 10.7 Å². The maximum absolute atomic E-state index is 12.9. The summed E-state index contributed by atoms with van der Waals surface area (Å²) >= 11 is 0. The molecule has 27 heavy (non-hydrogen) atoms. The Morgan fingerprint density at radius 3 is 2.26 bits per heavy atom. The number of rotatable bonds is 4. The van der Waals surface area contributed by atoms with Crippen LogP contribution in [0.5, 0.6) is 0 Å². The minimum absolute atomic E-state index is 0.00160. The third-order valence-electron chi connectivity index (χ3n) is 4.72. The van der Waals surface area contributed by atoms with Gasteiger partial charge in [0.1, 0.15) is 0 Å². The van der Waals surface area contributed by atoms with Crippen molar-refractivity contribution < 1.29 is 4.79 Å². The van der Waals surface area contributed by atoms with Crippen LogP contribution in [0.25, 0.3) is 0 Å². The third kappa shape index (κ3) is 5.42. The van der Waals surface area contributed by atoms with Gasteiger partial charge in [-0.1, -0.05) is 51.1 Å². The zero-order valence-corrected chi connectivity index (χ0v) is 16.4. The number of hydrogen-bond acceptors (Lipinski definition) is 4. The molecule has 2 heterocycles. The van der Waals surface area contributed by atoms with Crippen molar-refractivity contribution in [3.63, 3.8) is 0 Å². The van der Waals surface area contributed by atoms with Gasteiger partial charge >= 0.3 is 6.03 Å². The Kier molecular flexibility index (Phi) is 5.94. The van der Waals surface area contributed by atoms with Crippen molar-refractivity contribution in [2.75, 3.05) is 31.1 Å². The van der Waals surface area contributed by atoms with E-state index in [0.717, 1.165) is 31.0 Å². The van der Waals surface area contributed by atoms with Crippen LogP contribution in [0.3, 0.4) is 0 Å². The molecular weight excluding hydrogens is 338 g/mol. The number of nitrogens with zero attached hydrogens (tertiary/aromatic N) is 4. The van der Waals surface area contributed by atoms with Crippen LogP contribution in [0, 0.1) is 5.41 Å². The number of carbonyl (C=O) groups is 1. The highest BCUT2D eigenvalue weighted by Gasteiger charge is 2.26. The monoisotopic (exact) mass is 367 g/mol. The van der Waals surface area contributed by atoms with E-state index >= 15 is 0 Å². The Labute approximate surface area is 161 Å². The summed E-state index contributed by atoms with van der Waals surface area (Å²) in [6.07, 6.45) is 4.39. The zero-order valence-electron chi connectivity index (χ0n) is 16.4. The maximum atomic E-state index is 12.9. The largest absolute Gasteiger partial charge is 0.337 e. The molecule has 1 aromatic carbocycles. The Balaban J connectivity index is 1.61. The Morgan fingerprint density at radius 1 is 1.04 bits per heavy atom. The predicted octanol–water partition coefficient (Wildman–Crippen LogP) is 3.49. The van der Waals surface area contributed by atoms with Gasteiger partial charge in [0.15, 0.2) is 0 Å². The number of benzene rings is 1. The van der Waals surface area contributed by atoms with E-state index < -0.39 is 0 Å². The summed E-state index contributed by atoms with van der Waals surface area (Å²) in [7, 11) is 0. The first-order valence-electron chi connectivity index (χ1n) is 9.55. The van der Waals surface area contributed by atoms with Gasteiger partial charge in [0, 0.05) is 38.6 Å². The Hall–Kier alpha value is -2.63. The van der Waals surface area contributed by atoms with Gasteiger partial charge in [-0.2, -0.15) is 0 Å². The molecule has 144 valence electrons. The highest BCUT2D eigenvalue weighted by atomic mass is 16.2. The van der Waals surface area contributed by atoms with Crippen LogP contribution in [-0.2, 0) is 0 Å². The van der Waals surface area contributed by atoms with E-state index in [2.05, 4.69) is 53.1 Å². The lowest BCUT2D eigenvalue weighted by molar-refractivity contribution is 0.185. The highest BCUT2D eigenvalue weighted by Crippen LogP contribution is 2.29.